The third-order valence-corrected chi connectivity index (χ3v) is 7.01. The molecule has 1 saturated heterocycles. The van der Waals surface area contributed by atoms with Crippen molar-refractivity contribution in [3.05, 3.63) is 29.8 Å². The van der Waals surface area contributed by atoms with E-state index in [0.717, 1.165) is 25.1 Å². The van der Waals surface area contributed by atoms with Crippen LogP contribution in [0.3, 0.4) is 0 Å². The number of carbonyl (C=O) groups excluding carboxylic acids is 1. The Balaban J connectivity index is 1.60. The van der Waals surface area contributed by atoms with Gasteiger partial charge in [0.1, 0.15) is 5.75 Å². The number of nitrogens with two attached hydrogens (primary N) is 1. The number of rotatable bonds is 4. The normalized spacial score (nSPS) is 28.7. The van der Waals surface area contributed by atoms with Gasteiger partial charge in [-0.2, -0.15) is 0 Å². The second kappa shape index (κ2) is 7.99. The molecular formula is C22H34N2O2. The maximum Gasteiger partial charge on any atom is 0.224 e. The van der Waals surface area contributed by atoms with Gasteiger partial charge in [0, 0.05) is 25.6 Å². The van der Waals surface area contributed by atoms with Crippen LogP contribution < -0.4 is 5.73 Å². The molecule has 3 unspecified atom stereocenters. The summed E-state index contributed by atoms with van der Waals surface area (Å²) >= 11 is 0. The summed E-state index contributed by atoms with van der Waals surface area (Å²) in [6.45, 7) is 6.00. The zero-order chi connectivity index (χ0) is 18.7. The molecule has 3 rings (SSSR count). The van der Waals surface area contributed by atoms with Gasteiger partial charge in [-0.1, -0.05) is 45.2 Å². The zero-order valence-corrected chi connectivity index (χ0v) is 16.3. The molecule has 4 heteroatoms. The number of nitrogens with zero attached hydrogens (tertiary/aromatic N) is 1. The van der Waals surface area contributed by atoms with Gasteiger partial charge in [-0.05, 0) is 54.2 Å². The maximum absolute atomic E-state index is 12.8. The molecule has 1 aromatic rings. The third kappa shape index (κ3) is 4.06. The van der Waals surface area contributed by atoms with E-state index in [1.807, 2.05) is 17.0 Å². The Morgan fingerprint density at radius 2 is 2.08 bits per heavy atom. The summed E-state index contributed by atoms with van der Waals surface area (Å²) in [5.41, 5.74) is 7.53. The van der Waals surface area contributed by atoms with Crippen molar-refractivity contribution in [1.82, 2.24) is 4.90 Å². The molecule has 1 saturated carbocycles. The molecular weight excluding hydrogens is 324 g/mol. The molecule has 144 valence electrons. The Kier molecular flexibility index (Phi) is 5.91. The van der Waals surface area contributed by atoms with Crippen molar-refractivity contribution in [2.75, 3.05) is 13.1 Å². The van der Waals surface area contributed by atoms with Crippen LogP contribution >= 0.6 is 0 Å². The number of amides is 1. The minimum absolute atomic E-state index is 0.0116. The van der Waals surface area contributed by atoms with E-state index in [1.165, 1.54) is 32.1 Å². The van der Waals surface area contributed by atoms with Gasteiger partial charge in [-0.15, -0.1) is 0 Å². The Morgan fingerprint density at radius 1 is 1.35 bits per heavy atom. The SMILES string of the molecule is CC1CN(C(=O)CC(N)C2CCCCC2)CCC1(C)c1cccc(O)c1. The molecule has 4 nitrogen and oxygen atoms in total. The van der Waals surface area contributed by atoms with Crippen LogP contribution in [0.25, 0.3) is 0 Å². The zero-order valence-electron chi connectivity index (χ0n) is 16.3. The fourth-order valence-electron chi connectivity index (χ4n) is 4.81. The first-order valence-corrected chi connectivity index (χ1v) is 10.2. The lowest BCUT2D eigenvalue weighted by Gasteiger charge is -2.45. The lowest BCUT2D eigenvalue weighted by Crippen LogP contribution is -2.50. The van der Waals surface area contributed by atoms with Gasteiger partial charge in [-0.25, -0.2) is 0 Å². The van der Waals surface area contributed by atoms with Crippen molar-refractivity contribution in [2.24, 2.45) is 17.6 Å². The molecule has 1 heterocycles. The standard InChI is InChI=1S/C22H34N2O2/c1-16-15-24(21(26)14-20(23)17-7-4-3-5-8-17)12-11-22(16,2)18-9-6-10-19(25)13-18/h6,9-10,13,16-17,20,25H,3-5,7-8,11-12,14-15,23H2,1-2H3. The first-order chi connectivity index (χ1) is 12.4. The summed E-state index contributed by atoms with van der Waals surface area (Å²) in [7, 11) is 0. The highest BCUT2D eigenvalue weighted by Crippen LogP contribution is 2.40. The average Bonchev–Trinajstić information content (AvgIpc) is 2.64. The van der Waals surface area contributed by atoms with E-state index in [9.17, 15) is 9.90 Å². The Morgan fingerprint density at radius 3 is 2.73 bits per heavy atom. The van der Waals surface area contributed by atoms with Gasteiger partial charge < -0.3 is 15.7 Å². The monoisotopic (exact) mass is 358 g/mol. The topological polar surface area (TPSA) is 66.6 Å². The first-order valence-electron chi connectivity index (χ1n) is 10.2. The summed E-state index contributed by atoms with van der Waals surface area (Å²) in [6, 6.07) is 7.59. The van der Waals surface area contributed by atoms with Crippen molar-refractivity contribution in [3.63, 3.8) is 0 Å². The number of aromatic hydroxyl groups is 1. The fraction of sp³-hybridized carbons (Fsp3) is 0.682. The lowest BCUT2D eigenvalue weighted by atomic mass is 9.68. The van der Waals surface area contributed by atoms with Crippen LogP contribution in [0, 0.1) is 11.8 Å². The number of piperidine rings is 1. The highest BCUT2D eigenvalue weighted by molar-refractivity contribution is 5.77. The van der Waals surface area contributed by atoms with Crippen LogP contribution in [0.5, 0.6) is 5.75 Å². The Hall–Kier alpha value is -1.55. The summed E-state index contributed by atoms with van der Waals surface area (Å²) in [4.78, 5) is 14.8. The van der Waals surface area contributed by atoms with Crippen LogP contribution in [-0.2, 0) is 10.2 Å². The number of phenolic OH excluding ortho intramolecular Hbond substituents is 1. The molecule has 3 atom stereocenters. The van der Waals surface area contributed by atoms with Crippen molar-refractivity contribution >= 4 is 5.91 Å². The minimum Gasteiger partial charge on any atom is -0.508 e. The number of likely N-dealkylation sites (tertiary alicyclic amines) is 1. The van der Waals surface area contributed by atoms with Gasteiger partial charge in [0.05, 0.1) is 0 Å². The predicted molar refractivity (Wildman–Crippen MR) is 105 cm³/mol. The van der Waals surface area contributed by atoms with E-state index in [1.54, 1.807) is 6.07 Å². The largest absolute Gasteiger partial charge is 0.508 e. The first kappa shape index (κ1) is 19.2. The Bertz CT molecular complexity index is 626. The van der Waals surface area contributed by atoms with Gasteiger partial charge in [-0.3, -0.25) is 4.79 Å². The highest BCUT2D eigenvalue weighted by Gasteiger charge is 2.39. The van der Waals surface area contributed by atoms with Gasteiger partial charge >= 0.3 is 0 Å². The van der Waals surface area contributed by atoms with Crippen LogP contribution in [0.1, 0.15) is 64.4 Å². The molecule has 3 N–H and O–H groups in total. The van der Waals surface area contributed by atoms with Crippen LogP contribution in [0.4, 0.5) is 0 Å². The number of hydrogen-bond donors (Lipinski definition) is 2. The van der Waals surface area contributed by atoms with Gasteiger partial charge in [0.15, 0.2) is 0 Å². The summed E-state index contributed by atoms with van der Waals surface area (Å²) < 4.78 is 0. The fourth-order valence-corrected chi connectivity index (χ4v) is 4.81. The van der Waals surface area contributed by atoms with Crippen LogP contribution in [0.2, 0.25) is 0 Å². The van der Waals surface area contributed by atoms with E-state index in [4.69, 9.17) is 5.73 Å². The number of phenols is 1. The third-order valence-electron chi connectivity index (χ3n) is 7.01. The highest BCUT2D eigenvalue weighted by atomic mass is 16.3. The van der Waals surface area contributed by atoms with E-state index >= 15 is 0 Å². The van der Waals surface area contributed by atoms with E-state index in [-0.39, 0.29) is 17.4 Å². The molecule has 1 aliphatic carbocycles. The van der Waals surface area contributed by atoms with E-state index in [0.29, 0.717) is 24.0 Å². The van der Waals surface area contributed by atoms with Crippen molar-refractivity contribution in [2.45, 2.75) is 70.3 Å². The molecule has 1 aromatic carbocycles. The van der Waals surface area contributed by atoms with Gasteiger partial charge in [0.25, 0.3) is 0 Å². The summed E-state index contributed by atoms with van der Waals surface area (Å²) in [6.07, 6.45) is 7.60. The number of benzene rings is 1. The van der Waals surface area contributed by atoms with Crippen molar-refractivity contribution in [1.29, 1.82) is 0 Å². The molecule has 0 bridgehead atoms. The van der Waals surface area contributed by atoms with E-state index < -0.39 is 0 Å². The molecule has 0 aromatic heterocycles. The molecule has 2 aliphatic rings. The van der Waals surface area contributed by atoms with Crippen molar-refractivity contribution in [3.8, 4) is 5.75 Å². The molecule has 0 spiro atoms. The number of carbonyl (C=O) groups is 1. The smallest absolute Gasteiger partial charge is 0.224 e. The molecule has 1 amide bonds. The molecule has 26 heavy (non-hydrogen) atoms. The van der Waals surface area contributed by atoms with E-state index in [2.05, 4.69) is 19.9 Å². The minimum atomic E-state index is -0.0129. The average molecular weight is 359 g/mol. The second-order valence-corrected chi connectivity index (χ2v) is 8.72. The molecule has 2 fully saturated rings. The van der Waals surface area contributed by atoms with Crippen LogP contribution in [0.15, 0.2) is 24.3 Å². The van der Waals surface area contributed by atoms with Crippen molar-refractivity contribution < 1.29 is 9.90 Å². The van der Waals surface area contributed by atoms with Crippen LogP contribution in [-0.4, -0.2) is 35.0 Å². The quantitative estimate of drug-likeness (QED) is 0.860. The number of hydrogen-bond acceptors (Lipinski definition) is 3. The summed E-state index contributed by atoms with van der Waals surface area (Å²) in [5, 5.41) is 9.83. The molecule has 1 aliphatic heterocycles. The summed E-state index contributed by atoms with van der Waals surface area (Å²) in [5.74, 6) is 1.39. The second-order valence-electron chi connectivity index (χ2n) is 8.72. The van der Waals surface area contributed by atoms with Gasteiger partial charge in [0.2, 0.25) is 5.91 Å². The Labute approximate surface area is 157 Å². The predicted octanol–water partition coefficient (Wildman–Crippen LogP) is 3.82. The maximum atomic E-state index is 12.8. The lowest BCUT2D eigenvalue weighted by molar-refractivity contribution is -0.134. The molecule has 0 radical (unpaired) electrons.